The van der Waals surface area contributed by atoms with Crippen LogP contribution in [-0.4, -0.2) is 27.0 Å². The first-order valence-corrected chi connectivity index (χ1v) is 9.44. The number of hydrogen-bond acceptors (Lipinski definition) is 4. The molecule has 4 rings (SSSR count). The van der Waals surface area contributed by atoms with Gasteiger partial charge in [-0.2, -0.15) is 0 Å². The topological polar surface area (TPSA) is 79.8 Å². The standard InChI is InChI=1S/C20H18N4O2S/c1-13-17(27-19(22-13)14-7-3-2-4-8-14)18(25)21-11-12-24-16-10-6-5-9-15(16)23-20(24)26/h2-10H,11-12H2,1H3,(H,21,25)(H,23,26). The molecule has 0 saturated heterocycles. The lowest BCUT2D eigenvalue weighted by molar-refractivity contribution is 0.0955. The zero-order valence-corrected chi connectivity index (χ0v) is 15.5. The summed E-state index contributed by atoms with van der Waals surface area (Å²) in [6, 6.07) is 17.3. The number of benzene rings is 2. The van der Waals surface area contributed by atoms with Gasteiger partial charge in [-0.05, 0) is 19.1 Å². The Bertz CT molecular complexity index is 1160. The van der Waals surface area contributed by atoms with Crippen LogP contribution in [0.2, 0.25) is 0 Å². The van der Waals surface area contributed by atoms with Crippen molar-refractivity contribution in [1.29, 1.82) is 0 Å². The molecular formula is C20H18N4O2S. The third-order valence-electron chi connectivity index (χ3n) is 4.33. The molecule has 0 spiro atoms. The number of nitrogens with one attached hydrogen (secondary N) is 2. The number of aryl methyl sites for hydroxylation is 1. The van der Waals surface area contributed by atoms with E-state index in [0.717, 1.165) is 21.6 Å². The Kier molecular flexibility index (Phi) is 4.60. The summed E-state index contributed by atoms with van der Waals surface area (Å²) in [6.07, 6.45) is 0. The van der Waals surface area contributed by atoms with E-state index in [4.69, 9.17) is 0 Å². The van der Waals surface area contributed by atoms with E-state index in [1.807, 2.05) is 61.5 Å². The molecule has 4 aromatic rings. The van der Waals surface area contributed by atoms with E-state index in [1.54, 1.807) is 4.57 Å². The van der Waals surface area contributed by atoms with Gasteiger partial charge in [-0.1, -0.05) is 42.5 Å². The van der Waals surface area contributed by atoms with Crippen molar-refractivity contribution >= 4 is 28.3 Å². The van der Waals surface area contributed by atoms with E-state index in [9.17, 15) is 9.59 Å². The Morgan fingerprint density at radius 1 is 1.15 bits per heavy atom. The van der Waals surface area contributed by atoms with Crippen LogP contribution in [0.5, 0.6) is 0 Å². The molecule has 1 amide bonds. The van der Waals surface area contributed by atoms with Crippen LogP contribution in [-0.2, 0) is 6.54 Å². The number of fused-ring (bicyclic) bond motifs is 1. The van der Waals surface area contributed by atoms with E-state index < -0.39 is 0 Å². The molecule has 136 valence electrons. The van der Waals surface area contributed by atoms with Gasteiger partial charge in [-0.3, -0.25) is 9.36 Å². The lowest BCUT2D eigenvalue weighted by Crippen LogP contribution is -2.29. The maximum absolute atomic E-state index is 12.6. The van der Waals surface area contributed by atoms with Crippen molar-refractivity contribution in [3.05, 3.63) is 75.7 Å². The number of aromatic amines is 1. The van der Waals surface area contributed by atoms with Gasteiger partial charge in [-0.15, -0.1) is 11.3 Å². The Morgan fingerprint density at radius 3 is 2.70 bits per heavy atom. The van der Waals surface area contributed by atoms with Crippen LogP contribution < -0.4 is 11.0 Å². The van der Waals surface area contributed by atoms with Gasteiger partial charge in [0, 0.05) is 18.7 Å². The van der Waals surface area contributed by atoms with Gasteiger partial charge < -0.3 is 10.3 Å². The predicted molar refractivity (Wildman–Crippen MR) is 107 cm³/mol. The number of hydrogen-bond donors (Lipinski definition) is 2. The normalized spacial score (nSPS) is 11.0. The van der Waals surface area contributed by atoms with Crippen LogP contribution in [0, 0.1) is 6.92 Å². The number of carbonyl (C=O) groups excluding carboxylic acids is 1. The number of rotatable bonds is 5. The number of imidazole rings is 1. The molecule has 2 N–H and O–H groups in total. The van der Waals surface area contributed by atoms with Crippen LogP contribution in [0.3, 0.4) is 0 Å². The van der Waals surface area contributed by atoms with Gasteiger partial charge in [0.25, 0.3) is 5.91 Å². The summed E-state index contributed by atoms with van der Waals surface area (Å²) in [5.74, 6) is -0.167. The van der Waals surface area contributed by atoms with Gasteiger partial charge in [0.1, 0.15) is 9.88 Å². The first-order valence-electron chi connectivity index (χ1n) is 8.62. The fraction of sp³-hybridized carbons (Fsp3) is 0.150. The molecule has 0 saturated carbocycles. The summed E-state index contributed by atoms with van der Waals surface area (Å²) < 4.78 is 1.63. The molecule has 27 heavy (non-hydrogen) atoms. The molecule has 7 heteroatoms. The smallest absolute Gasteiger partial charge is 0.326 e. The SMILES string of the molecule is Cc1nc(-c2ccccc2)sc1C(=O)NCCn1c(=O)[nH]c2ccccc21. The Labute approximate surface area is 159 Å². The van der Waals surface area contributed by atoms with Crippen molar-refractivity contribution in [2.24, 2.45) is 0 Å². The first-order chi connectivity index (χ1) is 13.1. The molecule has 0 bridgehead atoms. The second-order valence-corrected chi connectivity index (χ2v) is 7.15. The van der Waals surface area contributed by atoms with E-state index in [2.05, 4.69) is 15.3 Å². The number of amides is 1. The Hall–Kier alpha value is -3.19. The maximum atomic E-state index is 12.6. The molecule has 2 aromatic heterocycles. The molecular weight excluding hydrogens is 360 g/mol. The average Bonchev–Trinajstić information content (AvgIpc) is 3.22. The van der Waals surface area contributed by atoms with Crippen molar-refractivity contribution in [3.63, 3.8) is 0 Å². The number of nitrogens with zero attached hydrogens (tertiary/aromatic N) is 2. The van der Waals surface area contributed by atoms with Crippen LogP contribution in [0.4, 0.5) is 0 Å². The van der Waals surface area contributed by atoms with Crippen molar-refractivity contribution in [2.75, 3.05) is 6.54 Å². The molecule has 0 fully saturated rings. The molecule has 0 atom stereocenters. The first kappa shape index (κ1) is 17.2. The van der Waals surface area contributed by atoms with Gasteiger partial charge >= 0.3 is 5.69 Å². The zero-order chi connectivity index (χ0) is 18.8. The van der Waals surface area contributed by atoms with Gasteiger partial charge in [0.2, 0.25) is 0 Å². The Morgan fingerprint density at radius 2 is 1.89 bits per heavy atom. The highest BCUT2D eigenvalue weighted by molar-refractivity contribution is 7.17. The number of H-pyrrole nitrogens is 1. The molecule has 2 heterocycles. The highest BCUT2D eigenvalue weighted by Gasteiger charge is 2.16. The van der Waals surface area contributed by atoms with Crippen LogP contribution >= 0.6 is 11.3 Å². The Balaban J connectivity index is 1.46. The minimum absolute atomic E-state index is 0.167. The molecule has 0 unspecified atom stereocenters. The number of para-hydroxylation sites is 2. The van der Waals surface area contributed by atoms with E-state index in [-0.39, 0.29) is 11.6 Å². The fourth-order valence-electron chi connectivity index (χ4n) is 3.00. The summed E-state index contributed by atoms with van der Waals surface area (Å²) in [4.78, 5) is 32.6. The van der Waals surface area contributed by atoms with E-state index in [0.29, 0.717) is 23.7 Å². The van der Waals surface area contributed by atoms with Crippen LogP contribution in [0.15, 0.2) is 59.4 Å². The highest BCUT2D eigenvalue weighted by Crippen LogP contribution is 2.27. The molecule has 6 nitrogen and oxygen atoms in total. The number of aromatic nitrogens is 3. The zero-order valence-electron chi connectivity index (χ0n) is 14.7. The molecule has 0 aliphatic heterocycles. The second-order valence-electron chi connectivity index (χ2n) is 6.15. The van der Waals surface area contributed by atoms with Gasteiger partial charge in [0.05, 0.1) is 16.7 Å². The maximum Gasteiger partial charge on any atom is 0.326 e. The third-order valence-corrected chi connectivity index (χ3v) is 5.53. The summed E-state index contributed by atoms with van der Waals surface area (Å²) in [5.41, 5.74) is 3.15. The summed E-state index contributed by atoms with van der Waals surface area (Å²) in [5, 5.41) is 3.72. The molecule has 0 radical (unpaired) electrons. The summed E-state index contributed by atoms with van der Waals surface area (Å²) in [6.45, 7) is 2.60. The lowest BCUT2D eigenvalue weighted by atomic mass is 10.2. The highest BCUT2D eigenvalue weighted by atomic mass is 32.1. The molecule has 0 aliphatic carbocycles. The summed E-state index contributed by atoms with van der Waals surface area (Å²) in [7, 11) is 0. The van der Waals surface area contributed by atoms with Gasteiger partial charge in [0.15, 0.2) is 0 Å². The van der Waals surface area contributed by atoms with Crippen LogP contribution in [0.1, 0.15) is 15.4 Å². The summed E-state index contributed by atoms with van der Waals surface area (Å²) >= 11 is 1.38. The number of thiazole rings is 1. The lowest BCUT2D eigenvalue weighted by Gasteiger charge is -2.05. The van der Waals surface area contributed by atoms with Gasteiger partial charge in [-0.25, -0.2) is 9.78 Å². The monoisotopic (exact) mass is 378 g/mol. The average molecular weight is 378 g/mol. The van der Waals surface area contributed by atoms with Crippen LogP contribution in [0.25, 0.3) is 21.6 Å². The van der Waals surface area contributed by atoms with Crippen molar-refractivity contribution in [1.82, 2.24) is 19.9 Å². The predicted octanol–water partition coefficient (Wildman–Crippen LogP) is 3.19. The minimum Gasteiger partial charge on any atom is -0.349 e. The van der Waals surface area contributed by atoms with Crippen molar-refractivity contribution in [3.8, 4) is 10.6 Å². The minimum atomic E-state index is -0.175. The third kappa shape index (κ3) is 3.41. The van der Waals surface area contributed by atoms with Crippen molar-refractivity contribution < 1.29 is 4.79 Å². The van der Waals surface area contributed by atoms with E-state index in [1.165, 1.54) is 11.3 Å². The molecule has 0 aliphatic rings. The largest absolute Gasteiger partial charge is 0.349 e. The quantitative estimate of drug-likeness (QED) is 0.560. The second kappa shape index (κ2) is 7.20. The molecule has 2 aromatic carbocycles. The number of carbonyl (C=O) groups is 1. The van der Waals surface area contributed by atoms with E-state index >= 15 is 0 Å². The fourth-order valence-corrected chi connectivity index (χ4v) is 3.99. The van der Waals surface area contributed by atoms with Crippen molar-refractivity contribution in [2.45, 2.75) is 13.5 Å².